The molecule has 2 N–H and O–H groups in total. The van der Waals surface area contributed by atoms with Gasteiger partial charge in [-0.2, -0.15) is 0 Å². The molecular weight excluding hydrogens is 160 g/mol. The maximum absolute atomic E-state index is 11.2. The maximum atomic E-state index is 11.2. The monoisotopic (exact) mass is 172 g/mol. The summed E-state index contributed by atoms with van der Waals surface area (Å²) in [6.07, 6.45) is -1.05. The molecule has 68 valence electrons. The number of nitrogens with one attached hydrogen (secondary N) is 1. The Bertz CT molecular complexity index is 225. The van der Waals surface area contributed by atoms with Gasteiger partial charge < -0.3 is 10.4 Å². The lowest BCUT2D eigenvalue weighted by molar-refractivity contribution is -0.133. The quantitative estimate of drug-likeness (QED) is 0.535. The fraction of sp³-hybridized carbons (Fsp3) is 0.714. The molecule has 1 saturated heterocycles. The standard InChI is InChI=1S/C7H12N2O3/c1-7(2)5(10)8-3-4-9(7)6(11)12/h3-4H2,1-2H3,(H,8,10)(H,11,12). The van der Waals surface area contributed by atoms with Crippen LogP contribution in [-0.4, -0.2) is 40.6 Å². The minimum atomic E-state index is -1.05. The van der Waals surface area contributed by atoms with Gasteiger partial charge in [-0.15, -0.1) is 0 Å². The molecule has 0 aromatic heterocycles. The van der Waals surface area contributed by atoms with Crippen LogP contribution in [0, 0.1) is 0 Å². The molecule has 1 heterocycles. The first-order valence-corrected chi connectivity index (χ1v) is 3.75. The number of amides is 2. The highest BCUT2D eigenvalue weighted by atomic mass is 16.4. The molecule has 0 saturated carbocycles. The van der Waals surface area contributed by atoms with E-state index in [1.165, 1.54) is 0 Å². The van der Waals surface area contributed by atoms with Gasteiger partial charge in [0.15, 0.2) is 0 Å². The predicted octanol–water partition coefficient (Wildman–Crippen LogP) is -0.125. The Morgan fingerprint density at radius 3 is 2.67 bits per heavy atom. The zero-order chi connectivity index (χ0) is 9.35. The van der Waals surface area contributed by atoms with E-state index in [1.807, 2.05) is 0 Å². The summed E-state index contributed by atoms with van der Waals surface area (Å²) in [6, 6.07) is 0. The molecule has 1 rings (SSSR count). The molecule has 0 atom stereocenters. The molecule has 2 amide bonds. The van der Waals surface area contributed by atoms with E-state index >= 15 is 0 Å². The highest BCUT2D eigenvalue weighted by molar-refractivity contribution is 5.89. The van der Waals surface area contributed by atoms with Gasteiger partial charge in [0.2, 0.25) is 5.91 Å². The first-order chi connectivity index (χ1) is 5.46. The molecule has 0 aromatic rings. The third kappa shape index (κ3) is 1.22. The normalized spacial score (nSPS) is 21.8. The molecule has 1 aliphatic heterocycles. The van der Waals surface area contributed by atoms with Crippen LogP contribution in [0.1, 0.15) is 13.8 Å². The van der Waals surface area contributed by atoms with E-state index in [1.54, 1.807) is 13.8 Å². The highest BCUT2D eigenvalue weighted by Crippen LogP contribution is 2.16. The minimum absolute atomic E-state index is 0.240. The van der Waals surface area contributed by atoms with E-state index in [9.17, 15) is 9.59 Å². The van der Waals surface area contributed by atoms with Crippen LogP contribution in [0.2, 0.25) is 0 Å². The van der Waals surface area contributed by atoms with Gasteiger partial charge in [0.1, 0.15) is 5.54 Å². The van der Waals surface area contributed by atoms with Crippen LogP contribution in [-0.2, 0) is 4.79 Å². The molecule has 5 heteroatoms. The Kier molecular flexibility index (Phi) is 1.95. The first kappa shape index (κ1) is 8.83. The third-order valence-corrected chi connectivity index (χ3v) is 2.08. The molecule has 0 aromatic carbocycles. The average Bonchev–Trinajstić information content (AvgIpc) is 1.94. The Balaban J connectivity index is 2.86. The number of rotatable bonds is 0. The van der Waals surface area contributed by atoms with Crippen molar-refractivity contribution in [2.75, 3.05) is 13.1 Å². The van der Waals surface area contributed by atoms with E-state index in [2.05, 4.69) is 5.32 Å². The molecule has 1 fully saturated rings. The minimum Gasteiger partial charge on any atom is -0.465 e. The zero-order valence-corrected chi connectivity index (χ0v) is 7.13. The van der Waals surface area contributed by atoms with E-state index < -0.39 is 11.6 Å². The Hall–Kier alpha value is -1.26. The van der Waals surface area contributed by atoms with Crippen molar-refractivity contribution in [3.63, 3.8) is 0 Å². The summed E-state index contributed by atoms with van der Waals surface area (Å²) < 4.78 is 0. The van der Waals surface area contributed by atoms with Gasteiger partial charge in [0.05, 0.1) is 0 Å². The van der Waals surface area contributed by atoms with Crippen molar-refractivity contribution in [3.05, 3.63) is 0 Å². The van der Waals surface area contributed by atoms with Crippen LogP contribution in [0.15, 0.2) is 0 Å². The molecule has 0 bridgehead atoms. The van der Waals surface area contributed by atoms with Crippen LogP contribution in [0.4, 0.5) is 4.79 Å². The molecular formula is C7H12N2O3. The molecule has 0 spiro atoms. The van der Waals surface area contributed by atoms with Gasteiger partial charge in [-0.1, -0.05) is 0 Å². The van der Waals surface area contributed by atoms with Gasteiger partial charge in [0, 0.05) is 13.1 Å². The van der Waals surface area contributed by atoms with Crippen molar-refractivity contribution >= 4 is 12.0 Å². The van der Waals surface area contributed by atoms with Crippen molar-refractivity contribution < 1.29 is 14.7 Å². The third-order valence-electron chi connectivity index (χ3n) is 2.08. The number of carboxylic acid groups (broad SMARTS) is 1. The van der Waals surface area contributed by atoms with Crippen molar-refractivity contribution in [2.24, 2.45) is 0 Å². The van der Waals surface area contributed by atoms with Crippen LogP contribution in [0.25, 0.3) is 0 Å². The van der Waals surface area contributed by atoms with Gasteiger partial charge in [-0.05, 0) is 13.8 Å². The molecule has 12 heavy (non-hydrogen) atoms. The molecule has 0 radical (unpaired) electrons. The smallest absolute Gasteiger partial charge is 0.408 e. The fourth-order valence-electron chi connectivity index (χ4n) is 1.23. The van der Waals surface area contributed by atoms with Gasteiger partial charge in [0.25, 0.3) is 0 Å². The summed E-state index contributed by atoms with van der Waals surface area (Å²) >= 11 is 0. The average molecular weight is 172 g/mol. The summed E-state index contributed by atoms with van der Waals surface area (Å²) in [7, 11) is 0. The topological polar surface area (TPSA) is 69.6 Å². The number of hydrogen-bond acceptors (Lipinski definition) is 2. The second kappa shape index (κ2) is 2.66. The lowest BCUT2D eigenvalue weighted by Crippen LogP contribution is -2.63. The second-order valence-corrected chi connectivity index (χ2v) is 3.25. The Labute approximate surface area is 70.4 Å². The van der Waals surface area contributed by atoms with Crippen molar-refractivity contribution in [2.45, 2.75) is 19.4 Å². The van der Waals surface area contributed by atoms with E-state index in [-0.39, 0.29) is 5.91 Å². The number of hydrogen-bond donors (Lipinski definition) is 2. The van der Waals surface area contributed by atoms with Crippen LogP contribution in [0.3, 0.4) is 0 Å². The van der Waals surface area contributed by atoms with Gasteiger partial charge >= 0.3 is 6.09 Å². The van der Waals surface area contributed by atoms with Crippen molar-refractivity contribution in [1.82, 2.24) is 10.2 Å². The first-order valence-electron chi connectivity index (χ1n) is 3.75. The molecule has 1 aliphatic rings. The highest BCUT2D eigenvalue weighted by Gasteiger charge is 2.40. The van der Waals surface area contributed by atoms with Crippen LogP contribution in [0.5, 0.6) is 0 Å². The van der Waals surface area contributed by atoms with E-state index in [0.717, 1.165) is 4.90 Å². The number of piperazine rings is 1. The predicted molar refractivity (Wildman–Crippen MR) is 41.8 cm³/mol. The number of carbonyl (C=O) groups excluding carboxylic acids is 1. The molecule has 5 nitrogen and oxygen atoms in total. The summed E-state index contributed by atoms with van der Waals surface area (Å²) in [5.41, 5.74) is -0.940. The van der Waals surface area contributed by atoms with E-state index in [0.29, 0.717) is 13.1 Å². The lowest BCUT2D eigenvalue weighted by atomic mass is 10.00. The van der Waals surface area contributed by atoms with Crippen LogP contribution < -0.4 is 5.32 Å². The van der Waals surface area contributed by atoms with Crippen LogP contribution >= 0.6 is 0 Å². The van der Waals surface area contributed by atoms with E-state index in [4.69, 9.17) is 5.11 Å². The van der Waals surface area contributed by atoms with Crippen molar-refractivity contribution in [1.29, 1.82) is 0 Å². The maximum Gasteiger partial charge on any atom is 0.408 e. The SMILES string of the molecule is CC1(C)C(=O)NCCN1C(=O)O. The number of nitrogens with zero attached hydrogens (tertiary/aromatic N) is 1. The number of carbonyl (C=O) groups is 2. The van der Waals surface area contributed by atoms with Crippen molar-refractivity contribution in [3.8, 4) is 0 Å². The Morgan fingerprint density at radius 2 is 2.25 bits per heavy atom. The second-order valence-electron chi connectivity index (χ2n) is 3.25. The lowest BCUT2D eigenvalue weighted by Gasteiger charge is -2.38. The summed E-state index contributed by atoms with van der Waals surface area (Å²) in [6.45, 7) is 3.94. The largest absolute Gasteiger partial charge is 0.465 e. The zero-order valence-electron chi connectivity index (χ0n) is 7.13. The summed E-state index contributed by atoms with van der Waals surface area (Å²) in [5, 5.41) is 11.4. The Morgan fingerprint density at radius 1 is 1.67 bits per heavy atom. The molecule has 0 aliphatic carbocycles. The van der Waals surface area contributed by atoms with Gasteiger partial charge in [-0.3, -0.25) is 9.69 Å². The summed E-state index contributed by atoms with van der Waals surface area (Å²) in [4.78, 5) is 23.0. The van der Waals surface area contributed by atoms with Gasteiger partial charge in [-0.25, -0.2) is 4.79 Å². The summed E-state index contributed by atoms with van der Waals surface area (Å²) in [5.74, 6) is -0.240. The fourth-order valence-corrected chi connectivity index (χ4v) is 1.23. The molecule has 0 unspecified atom stereocenters.